The van der Waals surface area contributed by atoms with Crippen LogP contribution < -0.4 is 4.90 Å². The number of anilines is 1. The summed E-state index contributed by atoms with van der Waals surface area (Å²) in [5.74, 6) is -0.705. The van der Waals surface area contributed by atoms with E-state index in [4.69, 9.17) is 4.74 Å². The summed E-state index contributed by atoms with van der Waals surface area (Å²) < 4.78 is 19.6. The fourth-order valence-electron chi connectivity index (χ4n) is 1.95. The quantitative estimate of drug-likeness (QED) is 0.376. The van der Waals surface area contributed by atoms with Gasteiger partial charge in [-0.3, -0.25) is 9.69 Å². The van der Waals surface area contributed by atoms with E-state index >= 15 is 0 Å². The highest BCUT2D eigenvalue weighted by Gasteiger charge is 2.21. The highest BCUT2D eigenvalue weighted by molar-refractivity contribution is 9.10. The molecule has 1 aromatic carbocycles. The average Bonchev–Trinajstić information content (AvgIpc) is 2.55. The summed E-state index contributed by atoms with van der Waals surface area (Å²) in [7, 11) is -1.22. The van der Waals surface area contributed by atoms with Crippen LogP contribution in [-0.2, 0) is 4.74 Å². The fraction of sp³-hybridized carbons (Fsp3) is 0.353. The van der Waals surface area contributed by atoms with Crippen LogP contribution in [0.15, 0.2) is 41.1 Å². The molecule has 0 fully saturated rings. The van der Waals surface area contributed by atoms with Crippen molar-refractivity contribution in [2.24, 2.45) is 0 Å². The summed E-state index contributed by atoms with van der Waals surface area (Å²) >= 11 is 3.24. The number of carbonyl (C=O) groups excluding carboxylic acids is 1. The third-order valence-corrected chi connectivity index (χ3v) is 5.53. The summed E-state index contributed by atoms with van der Waals surface area (Å²) in [5, 5.41) is 0. The molecule has 25 heavy (non-hydrogen) atoms. The molecule has 134 valence electrons. The van der Waals surface area contributed by atoms with Crippen molar-refractivity contribution in [2.45, 2.75) is 25.7 Å². The summed E-state index contributed by atoms with van der Waals surface area (Å²) in [5.41, 5.74) is 0.533. The van der Waals surface area contributed by atoms with Gasteiger partial charge in [0, 0.05) is 32.8 Å². The van der Waals surface area contributed by atoms with Crippen molar-refractivity contribution in [1.29, 1.82) is 0 Å². The molecule has 0 radical (unpaired) electrons. The van der Waals surface area contributed by atoms with Crippen LogP contribution in [0.2, 0.25) is 25.7 Å². The van der Waals surface area contributed by atoms with Crippen molar-refractivity contribution in [3.05, 3.63) is 52.8 Å². The van der Waals surface area contributed by atoms with Gasteiger partial charge in [-0.05, 0) is 46.2 Å². The van der Waals surface area contributed by atoms with Gasteiger partial charge in [-0.1, -0.05) is 19.6 Å². The number of rotatable bonds is 7. The van der Waals surface area contributed by atoms with Gasteiger partial charge < -0.3 is 4.74 Å². The van der Waals surface area contributed by atoms with Crippen molar-refractivity contribution >= 4 is 35.6 Å². The van der Waals surface area contributed by atoms with Gasteiger partial charge in [-0.25, -0.2) is 14.4 Å². The lowest BCUT2D eigenvalue weighted by Gasteiger charge is -2.23. The highest BCUT2D eigenvalue weighted by atomic mass is 79.9. The number of hydrogen-bond acceptors (Lipinski definition) is 4. The molecule has 1 aromatic heterocycles. The Morgan fingerprint density at radius 1 is 1.20 bits per heavy atom. The summed E-state index contributed by atoms with van der Waals surface area (Å²) in [6.45, 7) is 7.41. The predicted octanol–water partition coefficient (Wildman–Crippen LogP) is 4.34. The van der Waals surface area contributed by atoms with Crippen molar-refractivity contribution < 1.29 is 13.9 Å². The molecule has 0 aliphatic heterocycles. The maximum atomic E-state index is 13.2. The van der Waals surface area contributed by atoms with Gasteiger partial charge in [-0.2, -0.15) is 0 Å². The lowest BCUT2D eigenvalue weighted by atomic mass is 10.3. The van der Waals surface area contributed by atoms with Gasteiger partial charge in [0.25, 0.3) is 5.91 Å². The second-order valence-corrected chi connectivity index (χ2v) is 13.3. The number of nitrogens with zero attached hydrogens (tertiary/aromatic N) is 3. The van der Waals surface area contributed by atoms with Gasteiger partial charge in [0.15, 0.2) is 0 Å². The first-order chi connectivity index (χ1) is 11.8. The van der Waals surface area contributed by atoms with Crippen LogP contribution in [0.3, 0.4) is 0 Å². The molecule has 0 atom stereocenters. The Labute approximate surface area is 156 Å². The molecule has 0 unspecified atom stereocenters. The number of halogens is 2. The van der Waals surface area contributed by atoms with Gasteiger partial charge in [-0.15, -0.1) is 0 Å². The van der Waals surface area contributed by atoms with E-state index in [1.165, 1.54) is 41.6 Å². The monoisotopic (exact) mass is 425 g/mol. The lowest BCUT2D eigenvalue weighted by Crippen LogP contribution is -2.35. The zero-order valence-corrected chi connectivity index (χ0v) is 17.1. The zero-order chi connectivity index (χ0) is 18.4. The Balaban J connectivity index is 2.15. The standard InChI is InChI=1S/C17H21BrFN3O2Si/c1-25(2,3)9-8-24-12-22(15-6-4-14(19)5-7-15)17(23)16-20-10-13(18)11-21-16/h4-7,10-11H,8-9,12H2,1-3H3. The normalized spacial score (nSPS) is 11.4. The average molecular weight is 426 g/mol. The molecule has 1 amide bonds. The molecule has 0 aliphatic rings. The molecule has 0 aliphatic carbocycles. The first-order valence-corrected chi connectivity index (χ1v) is 12.4. The minimum absolute atomic E-state index is 0.0568. The predicted molar refractivity (Wildman–Crippen MR) is 102 cm³/mol. The summed E-state index contributed by atoms with van der Waals surface area (Å²) in [6, 6.07) is 6.68. The van der Waals surface area contributed by atoms with Crippen LogP contribution in [0, 0.1) is 5.82 Å². The molecular formula is C17H21BrFN3O2Si. The number of ether oxygens (including phenoxy) is 1. The number of amides is 1. The Bertz CT molecular complexity index is 705. The van der Waals surface area contributed by atoms with Gasteiger partial charge in [0.1, 0.15) is 12.5 Å². The largest absolute Gasteiger partial charge is 0.361 e. The molecule has 0 saturated heterocycles. The van der Waals surface area contributed by atoms with Crippen LogP contribution >= 0.6 is 15.9 Å². The van der Waals surface area contributed by atoms with E-state index in [-0.39, 0.29) is 18.4 Å². The number of aromatic nitrogens is 2. The Hall–Kier alpha value is -1.64. The van der Waals surface area contributed by atoms with E-state index in [0.29, 0.717) is 16.8 Å². The third-order valence-electron chi connectivity index (χ3n) is 3.41. The summed E-state index contributed by atoms with van der Waals surface area (Å²) in [6.07, 6.45) is 3.02. The van der Waals surface area contributed by atoms with E-state index in [2.05, 4.69) is 45.5 Å². The molecule has 0 saturated carbocycles. The molecule has 0 spiro atoms. The van der Waals surface area contributed by atoms with Gasteiger partial charge in [0.05, 0.1) is 4.47 Å². The van der Waals surface area contributed by atoms with Crippen molar-refractivity contribution in [3.63, 3.8) is 0 Å². The molecule has 0 N–H and O–H groups in total. The molecule has 5 nitrogen and oxygen atoms in total. The SMILES string of the molecule is C[Si](C)(C)CCOCN(C(=O)c1ncc(Br)cn1)c1ccc(F)cc1. The minimum Gasteiger partial charge on any atom is -0.361 e. The van der Waals surface area contributed by atoms with E-state index in [0.717, 1.165) is 6.04 Å². The Kier molecular flexibility index (Phi) is 6.80. The van der Waals surface area contributed by atoms with E-state index < -0.39 is 14.0 Å². The smallest absolute Gasteiger partial charge is 0.297 e. The van der Waals surface area contributed by atoms with E-state index in [9.17, 15) is 9.18 Å². The van der Waals surface area contributed by atoms with Crippen molar-refractivity contribution in [1.82, 2.24) is 9.97 Å². The first kappa shape index (κ1) is 19.7. The van der Waals surface area contributed by atoms with Crippen molar-refractivity contribution in [2.75, 3.05) is 18.2 Å². The van der Waals surface area contributed by atoms with Crippen LogP contribution in [0.1, 0.15) is 10.6 Å². The van der Waals surface area contributed by atoms with Gasteiger partial charge >= 0.3 is 0 Å². The first-order valence-electron chi connectivity index (χ1n) is 7.89. The second-order valence-electron chi connectivity index (χ2n) is 6.78. The van der Waals surface area contributed by atoms with E-state index in [1.807, 2.05) is 0 Å². The molecule has 8 heteroatoms. The number of benzene rings is 1. The van der Waals surface area contributed by atoms with E-state index in [1.54, 1.807) is 0 Å². The Morgan fingerprint density at radius 3 is 2.36 bits per heavy atom. The van der Waals surface area contributed by atoms with Crippen LogP contribution in [0.4, 0.5) is 10.1 Å². The van der Waals surface area contributed by atoms with Gasteiger partial charge in [0.2, 0.25) is 5.82 Å². The molecule has 0 bridgehead atoms. The van der Waals surface area contributed by atoms with Crippen molar-refractivity contribution in [3.8, 4) is 0 Å². The maximum absolute atomic E-state index is 13.2. The fourth-order valence-corrected chi connectivity index (χ4v) is 2.91. The third kappa shape index (κ3) is 6.30. The summed E-state index contributed by atoms with van der Waals surface area (Å²) in [4.78, 5) is 22.2. The minimum atomic E-state index is -1.22. The van der Waals surface area contributed by atoms with Crippen LogP contribution in [-0.4, -0.2) is 37.3 Å². The zero-order valence-electron chi connectivity index (χ0n) is 14.5. The number of hydrogen-bond donors (Lipinski definition) is 0. The maximum Gasteiger partial charge on any atom is 0.297 e. The molecule has 2 aromatic rings. The Morgan fingerprint density at radius 2 is 1.80 bits per heavy atom. The lowest BCUT2D eigenvalue weighted by molar-refractivity contribution is 0.0891. The molecule has 2 rings (SSSR count). The second kappa shape index (κ2) is 8.64. The van der Waals surface area contributed by atoms with Crippen LogP contribution in [0.25, 0.3) is 0 Å². The molecular weight excluding hydrogens is 405 g/mol. The topological polar surface area (TPSA) is 55.3 Å². The molecule has 1 heterocycles. The number of carbonyl (C=O) groups is 1. The highest BCUT2D eigenvalue weighted by Crippen LogP contribution is 2.18. The van der Waals surface area contributed by atoms with Crippen LogP contribution in [0.5, 0.6) is 0 Å².